The molecule has 3 aromatic rings. The van der Waals surface area contributed by atoms with Crippen molar-refractivity contribution in [3.05, 3.63) is 48.1 Å². The summed E-state index contributed by atoms with van der Waals surface area (Å²) < 4.78 is 39.7. The Kier molecular flexibility index (Phi) is 6.53. The van der Waals surface area contributed by atoms with E-state index in [9.17, 15) is 13.6 Å². The summed E-state index contributed by atoms with van der Waals surface area (Å²) in [6, 6.07) is 8.01. The number of oxazole rings is 1. The largest absolute Gasteiger partial charge is 0.440 e. The maximum Gasteiger partial charge on any atom is 0.248 e. The van der Waals surface area contributed by atoms with E-state index in [1.54, 1.807) is 6.20 Å². The molecule has 6 saturated carbocycles. The molecular weight excluding hydrogens is 550 g/mol. The van der Waals surface area contributed by atoms with Gasteiger partial charge in [-0.1, -0.05) is 17.3 Å². The van der Waals surface area contributed by atoms with Crippen LogP contribution < -0.4 is 4.90 Å². The number of aromatic nitrogens is 3. The second-order valence-electron chi connectivity index (χ2n) is 14.4. The molecule has 6 fully saturated rings. The smallest absolute Gasteiger partial charge is 0.248 e. The number of hydrogen-bond donors (Lipinski definition) is 0. The van der Waals surface area contributed by atoms with Crippen LogP contribution in [0.1, 0.15) is 126 Å². The molecule has 0 radical (unpaired) electrons. The number of amides is 1. The molecule has 7 nitrogen and oxygen atoms in total. The molecule has 0 saturated heterocycles. The first-order chi connectivity index (χ1) is 20.8. The monoisotopic (exact) mass is 590 g/mol. The van der Waals surface area contributed by atoms with Crippen molar-refractivity contribution in [1.82, 2.24) is 15.1 Å². The summed E-state index contributed by atoms with van der Waals surface area (Å²) >= 11 is 0. The Morgan fingerprint density at radius 1 is 0.930 bits per heavy atom. The van der Waals surface area contributed by atoms with Crippen molar-refractivity contribution >= 4 is 11.6 Å². The summed E-state index contributed by atoms with van der Waals surface area (Å²) in [5.74, 6) is 1.53. The maximum absolute atomic E-state index is 14.1. The fourth-order valence-corrected chi connectivity index (χ4v) is 7.87. The minimum absolute atomic E-state index is 0.00534. The van der Waals surface area contributed by atoms with Crippen molar-refractivity contribution < 1.29 is 22.5 Å². The molecule has 228 valence electrons. The van der Waals surface area contributed by atoms with Crippen LogP contribution in [-0.2, 0) is 10.2 Å². The summed E-state index contributed by atoms with van der Waals surface area (Å²) in [6.45, 7) is 0.634. The van der Waals surface area contributed by atoms with Crippen molar-refractivity contribution in [3.8, 4) is 11.3 Å². The number of anilines is 1. The second-order valence-corrected chi connectivity index (χ2v) is 14.4. The molecule has 0 spiro atoms. The molecule has 9 rings (SSSR count). The summed E-state index contributed by atoms with van der Waals surface area (Å²) in [7, 11) is 0. The lowest BCUT2D eigenvalue weighted by molar-refractivity contribution is -0.121. The SMILES string of the molecule is O=C(CC1CCC(F)(F)CC1)N(CC12CCC(c3nc(C4CC4)no3)(CC1)CC2)c1cccc(-c2cnc(C3CC3)o2)c1. The Hall–Kier alpha value is -3.10. The number of fused-ring (bicyclic) bond motifs is 3. The highest BCUT2D eigenvalue weighted by atomic mass is 19.3. The average Bonchev–Trinajstić information content (AvgIpc) is 3.96. The van der Waals surface area contributed by atoms with Gasteiger partial charge in [-0.2, -0.15) is 4.98 Å². The highest BCUT2D eigenvalue weighted by Crippen LogP contribution is 2.58. The Labute approximate surface area is 250 Å². The van der Waals surface area contributed by atoms with Gasteiger partial charge in [-0.25, -0.2) is 13.8 Å². The van der Waals surface area contributed by atoms with Crippen LogP contribution in [0.25, 0.3) is 11.3 Å². The van der Waals surface area contributed by atoms with Crippen molar-refractivity contribution in [2.45, 2.75) is 119 Å². The zero-order valence-electron chi connectivity index (χ0n) is 24.7. The molecule has 2 heterocycles. The molecule has 6 aliphatic rings. The number of benzene rings is 1. The van der Waals surface area contributed by atoms with Gasteiger partial charge in [-0.15, -0.1) is 0 Å². The molecule has 0 atom stereocenters. The van der Waals surface area contributed by atoms with Crippen LogP contribution in [0.2, 0.25) is 0 Å². The predicted molar refractivity (Wildman–Crippen MR) is 156 cm³/mol. The van der Waals surface area contributed by atoms with Gasteiger partial charge in [0.2, 0.25) is 17.7 Å². The third kappa shape index (κ3) is 5.42. The predicted octanol–water partition coefficient (Wildman–Crippen LogP) is 8.32. The molecule has 1 amide bonds. The van der Waals surface area contributed by atoms with Crippen molar-refractivity contribution in [3.63, 3.8) is 0 Å². The fraction of sp³-hybridized carbons (Fsp3) is 0.647. The van der Waals surface area contributed by atoms with E-state index in [4.69, 9.17) is 13.9 Å². The average molecular weight is 591 g/mol. The van der Waals surface area contributed by atoms with Crippen LogP contribution in [0.3, 0.4) is 0 Å². The molecule has 9 heteroatoms. The lowest BCUT2D eigenvalue weighted by Crippen LogP contribution is -2.51. The number of hydrogen-bond acceptors (Lipinski definition) is 6. The third-order valence-corrected chi connectivity index (χ3v) is 11.2. The zero-order valence-corrected chi connectivity index (χ0v) is 24.7. The maximum atomic E-state index is 14.1. The first-order valence-electron chi connectivity index (χ1n) is 16.4. The summed E-state index contributed by atoms with van der Waals surface area (Å²) in [5.41, 5.74) is 1.71. The Bertz CT molecular complexity index is 1470. The van der Waals surface area contributed by atoms with Crippen LogP contribution in [0, 0.1) is 11.3 Å². The first-order valence-corrected chi connectivity index (χ1v) is 16.4. The normalized spacial score (nSPS) is 28.7. The van der Waals surface area contributed by atoms with Gasteiger partial charge >= 0.3 is 0 Å². The zero-order chi connectivity index (χ0) is 29.2. The standard InChI is InChI=1S/C34H40F2N4O3/c35-34(36)10-8-22(9-11-34)18-28(41)40(26-3-1-2-25(19-26)27-20-37-30(42-27)24-6-7-24)21-32-12-15-33(16-13-32,17-14-32)31-38-29(39-43-31)23-4-5-23/h1-3,19-20,22-24H,4-18,21H2. The van der Waals surface area contributed by atoms with Gasteiger partial charge in [-0.05, 0) is 101 Å². The van der Waals surface area contributed by atoms with Gasteiger partial charge in [0.25, 0.3) is 0 Å². The molecule has 0 aliphatic heterocycles. The van der Waals surface area contributed by atoms with Crippen LogP contribution in [0.15, 0.2) is 39.4 Å². The lowest BCUT2D eigenvalue weighted by atomic mass is 9.53. The van der Waals surface area contributed by atoms with E-state index < -0.39 is 5.92 Å². The summed E-state index contributed by atoms with van der Waals surface area (Å²) in [5, 5.41) is 4.31. The highest BCUT2D eigenvalue weighted by molar-refractivity contribution is 5.94. The number of rotatable bonds is 9. The van der Waals surface area contributed by atoms with Gasteiger partial charge < -0.3 is 13.8 Å². The van der Waals surface area contributed by atoms with Gasteiger partial charge in [0, 0.05) is 54.3 Å². The summed E-state index contributed by atoms with van der Waals surface area (Å²) in [4.78, 5) is 25.4. The van der Waals surface area contributed by atoms with E-state index >= 15 is 0 Å². The quantitative estimate of drug-likeness (QED) is 0.249. The van der Waals surface area contributed by atoms with Gasteiger partial charge in [-0.3, -0.25) is 4.79 Å². The minimum atomic E-state index is -2.60. The molecule has 6 aliphatic carbocycles. The van der Waals surface area contributed by atoms with Crippen molar-refractivity contribution in [2.75, 3.05) is 11.4 Å². The number of carbonyl (C=O) groups excluding carboxylic acids is 1. The van der Waals surface area contributed by atoms with Crippen LogP contribution in [-0.4, -0.2) is 33.5 Å². The molecule has 2 aromatic heterocycles. The lowest BCUT2D eigenvalue weighted by Gasteiger charge is -2.53. The van der Waals surface area contributed by atoms with E-state index in [0.717, 1.165) is 93.1 Å². The fourth-order valence-electron chi connectivity index (χ4n) is 7.87. The number of carbonyl (C=O) groups is 1. The Morgan fingerprint density at radius 2 is 1.65 bits per heavy atom. The number of halogens is 2. The topological polar surface area (TPSA) is 85.3 Å². The van der Waals surface area contributed by atoms with Crippen molar-refractivity contribution in [1.29, 1.82) is 0 Å². The van der Waals surface area contributed by atoms with Crippen LogP contribution >= 0.6 is 0 Å². The van der Waals surface area contributed by atoms with E-state index in [-0.39, 0.29) is 35.5 Å². The van der Waals surface area contributed by atoms with E-state index in [0.29, 0.717) is 43.4 Å². The Balaban J connectivity index is 1.03. The first kappa shape index (κ1) is 27.4. The van der Waals surface area contributed by atoms with Crippen LogP contribution in [0.5, 0.6) is 0 Å². The highest BCUT2D eigenvalue weighted by Gasteiger charge is 2.53. The molecule has 0 unspecified atom stereocenters. The molecule has 1 aromatic carbocycles. The van der Waals surface area contributed by atoms with E-state index in [1.807, 2.05) is 29.2 Å². The number of alkyl halides is 2. The number of nitrogens with zero attached hydrogens (tertiary/aromatic N) is 4. The second kappa shape index (κ2) is 10.2. The third-order valence-electron chi connectivity index (χ3n) is 11.2. The molecule has 43 heavy (non-hydrogen) atoms. The molecular formula is C34H40F2N4O3. The van der Waals surface area contributed by atoms with Gasteiger partial charge in [0.05, 0.1) is 6.20 Å². The molecule has 0 N–H and O–H groups in total. The van der Waals surface area contributed by atoms with Crippen molar-refractivity contribution in [2.24, 2.45) is 11.3 Å². The van der Waals surface area contributed by atoms with Crippen LogP contribution in [0.4, 0.5) is 14.5 Å². The van der Waals surface area contributed by atoms with E-state index in [2.05, 4.69) is 10.1 Å². The molecule has 2 bridgehead atoms. The van der Waals surface area contributed by atoms with E-state index in [1.165, 1.54) is 0 Å². The summed E-state index contributed by atoms with van der Waals surface area (Å²) in [6.07, 6.45) is 13.1. The van der Waals surface area contributed by atoms with Gasteiger partial charge in [0.15, 0.2) is 17.5 Å². The van der Waals surface area contributed by atoms with Gasteiger partial charge in [0.1, 0.15) is 0 Å². The minimum Gasteiger partial charge on any atom is -0.440 e. The Morgan fingerprint density at radius 3 is 2.35 bits per heavy atom.